The van der Waals surface area contributed by atoms with Crippen LogP contribution in [0.3, 0.4) is 0 Å². The standard InChI is InChI=1S/C14H32N2/c1-5-8-11-16(12-9-6-2)13-14(4)15-10-7-3/h14-15H,5-13H2,1-4H3. The van der Waals surface area contributed by atoms with Crippen LogP contribution in [-0.2, 0) is 0 Å². The van der Waals surface area contributed by atoms with Gasteiger partial charge in [-0.1, -0.05) is 33.6 Å². The Hall–Kier alpha value is -0.0800. The molecule has 0 radical (unpaired) electrons. The lowest BCUT2D eigenvalue weighted by Crippen LogP contribution is -2.40. The summed E-state index contributed by atoms with van der Waals surface area (Å²) in [6, 6.07) is 0.633. The fraction of sp³-hybridized carbons (Fsp3) is 1.00. The van der Waals surface area contributed by atoms with Crippen LogP contribution in [0.5, 0.6) is 0 Å². The van der Waals surface area contributed by atoms with Gasteiger partial charge in [-0.2, -0.15) is 0 Å². The van der Waals surface area contributed by atoms with Gasteiger partial charge in [0.25, 0.3) is 0 Å². The zero-order chi connectivity index (χ0) is 12.2. The SMILES string of the molecule is CCCCN(CCCC)CC(C)NCCC. The normalized spacial score (nSPS) is 13.3. The third kappa shape index (κ3) is 9.17. The van der Waals surface area contributed by atoms with E-state index in [0.717, 1.165) is 6.54 Å². The zero-order valence-electron chi connectivity index (χ0n) is 11.9. The lowest BCUT2D eigenvalue weighted by atomic mass is 10.2. The van der Waals surface area contributed by atoms with Crippen LogP contribution < -0.4 is 5.32 Å². The minimum atomic E-state index is 0.633. The Morgan fingerprint density at radius 2 is 1.50 bits per heavy atom. The highest BCUT2D eigenvalue weighted by Crippen LogP contribution is 2.00. The number of nitrogens with one attached hydrogen (secondary N) is 1. The third-order valence-corrected chi connectivity index (χ3v) is 2.93. The first-order chi connectivity index (χ1) is 7.74. The van der Waals surface area contributed by atoms with Crippen molar-refractivity contribution >= 4 is 0 Å². The van der Waals surface area contributed by atoms with Crippen molar-refractivity contribution in [3.63, 3.8) is 0 Å². The minimum Gasteiger partial charge on any atom is -0.313 e. The molecule has 0 aromatic rings. The van der Waals surface area contributed by atoms with E-state index < -0.39 is 0 Å². The second-order valence-electron chi connectivity index (χ2n) is 4.86. The summed E-state index contributed by atoms with van der Waals surface area (Å²) in [5.41, 5.74) is 0. The second kappa shape index (κ2) is 11.4. The molecule has 0 aliphatic heterocycles. The van der Waals surface area contributed by atoms with Gasteiger partial charge in [0.05, 0.1) is 0 Å². The molecule has 1 atom stereocenters. The molecule has 0 aromatic carbocycles. The average Bonchev–Trinajstić information content (AvgIpc) is 2.30. The molecule has 16 heavy (non-hydrogen) atoms. The fourth-order valence-corrected chi connectivity index (χ4v) is 1.90. The molecule has 0 saturated carbocycles. The van der Waals surface area contributed by atoms with E-state index in [0.29, 0.717) is 6.04 Å². The Morgan fingerprint density at radius 1 is 0.938 bits per heavy atom. The van der Waals surface area contributed by atoms with Crippen LogP contribution in [0, 0.1) is 0 Å². The second-order valence-corrected chi connectivity index (χ2v) is 4.86. The molecule has 0 aromatic heterocycles. The molecule has 2 heteroatoms. The minimum absolute atomic E-state index is 0.633. The Kier molecular flexibility index (Phi) is 11.3. The molecular weight excluding hydrogens is 196 g/mol. The zero-order valence-corrected chi connectivity index (χ0v) is 11.9. The molecule has 0 amide bonds. The maximum atomic E-state index is 3.57. The Bertz CT molecular complexity index is 129. The van der Waals surface area contributed by atoms with Crippen molar-refractivity contribution in [1.29, 1.82) is 0 Å². The van der Waals surface area contributed by atoms with Crippen LogP contribution in [0.2, 0.25) is 0 Å². The fourth-order valence-electron chi connectivity index (χ4n) is 1.90. The van der Waals surface area contributed by atoms with Crippen molar-refractivity contribution in [2.75, 3.05) is 26.2 Å². The van der Waals surface area contributed by atoms with E-state index in [2.05, 4.69) is 37.9 Å². The lowest BCUT2D eigenvalue weighted by Gasteiger charge is -2.26. The van der Waals surface area contributed by atoms with Crippen LogP contribution in [0.4, 0.5) is 0 Å². The van der Waals surface area contributed by atoms with Crippen molar-refractivity contribution < 1.29 is 0 Å². The summed E-state index contributed by atoms with van der Waals surface area (Å²) in [4.78, 5) is 2.63. The van der Waals surface area contributed by atoms with E-state index in [1.807, 2.05) is 0 Å². The maximum Gasteiger partial charge on any atom is 0.0166 e. The highest BCUT2D eigenvalue weighted by atomic mass is 15.1. The van der Waals surface area contributed by atoms with Crippen molar-refractivity contribution in [3.8, 4) is 0 Å². The van der Waals surface area contributed by atoms with Gasteiger partial charge in [0, 0.05) is 12.6 Å². The molecule has 2 nitrogen and oxygen atoms in total. The van der Waals surface area contributed by atoms with E-state index in [9.17, 15) is 0 Å². The van der Waals surface area contributed by atoms with Crippen molar-refractivity contribution in [2.24, 2.45) is 0 Å². The molecule has 98 valence electrons. The van der Waals surface area contributed by atoms with Crippen LogP contribution in [0.15, 0.2) is 0 Å². The highest BCUT2D eigenvalue weighted by Gasteiger charge is 2.08. The number of hydrogen-bond acceptors (Lipinski definition) is 2. The van der Waals surface area contributed by atoms with Gasteiger partial charge in [0.15, 0.2) is 0 Å². The molecule has 1 N–H and O–H groups in total. The molecule has 0 rings (SSSR count). The quantitative estimate of drug-likeness (QED) is 0.584. The third-order valence-electron chi connectivity index (χ3n) is 2.93. The number of rotatable bonds is 11. The molecule has 0 fully saturated rings. The van der Waals surface area contributed by atoms with Crippen LogP contribution in [0.25, 0.3) is 0 Å². The lowest BCUT2D eigenvalue weighted by molar-refractivity contribution is 0.240. The Labute approximate surface area is 103 Å². The van der Waals surface area contributed by atoms with Gasteiger partial charge in [-0.15, -0.1) is 0 Å². The van der Waals surface area contributed by atoms with E-state index in [1.165, 1.54) is 51.7 Å². The van der Waals surface area contributed by atoms with E-state index in [-0.39, 0.29) is 0 Å². The molecule has 0 heterocycles. The van der Waals surface area contributed by atoms with Crippen molar-refractivity contribution in [3.05, 3.63) is 0 Å². The smallest absolute Gasteiger partial charge is 0.0166 e. The van der Waals surface area contributed by atoms with E-state index >= 15 is 0 Å². The van der Waals surface area contributed by atoms with Gasteiger partial charge in [0.2, 0.25) is 0 Å². The molecule has 0 aliphatic rings. The summed E-state index contributed by atoms with van der Waals surface area (Å²) >= 11 is 0. The van der Waals surface area contributed by atoms with E-state index in [4.69, 9.17) is 0 Å². The first kappa shape index (κ1) is 15.9. The summed E-state index contributed by atoms with van der Waals surface area (Å²) in [7, 11) is 0. The van der Waals surface area contributed by atoms with Gasteiger partial charge in [-0.25, -0.2) is 0 Å². The van der Waals surface area contributed by atoms with Crippen LogP contribution in [0.1, 0.15) is 59.8 Å². The summed E-state index contributed by atoms with van der Waals surface area (Å²) in [6.07, 6.45) is 6.52. The predicted molar refractivity (Wildman–Crippen MR) is 74.0 cm³/mol. The molecule has 0 bridgehead atoms. The molecular formula is C14H32N2. The largest absolute Gasteiger partial charge is 0.313 e. The number of nitrogens with zero attached hydrogens (tertiary/aromatic N) is 1. The monoisotopic (exact) mass is 228 g/mol. The van der Waals surface area contributed by atoms with Gasteiger partial charge >= 0.3 is 0 Å². The summed E-state index contributed by atoms with van der Waals surface area (Å²) in [5, 5.41) is 3.57. The summed E-state index contributed by atoms with van der Waals surface area (Å²) in [5.74, 6) is 0. The van der Waals surface area contributed by atoms with E-state index in [1.54, 1.807) is 0 Å². The number of hydrogen-bond donors (Lipinski definition) is 1. The highest BCUT2D eigenvalue weighted by molar-refractivity contribution is 4.67. The van der Waals surface area contributed by atoms with Gasteiger partial charge < -0.3 is 10.2 Å². The summed E-state index contributed by atoms with van der Waals surface area (Å²) < 4.78 is 0. The van der Waals surface area contributed by atoms with Gasteiger partial charge in [0.1, 0.15) is 0 Å². The molecule has 0 spiro atoms. The first-order valence-corrected chi connectivity index (χ1v) is 7.20. The molecule has 1 unspecified atom stereocenters. The van der Waals surface area contributed by atoms with Gasteiger partial charge in [-0.05, 0) is 45.8 Å². The Morgan fingerprint density at radius 3 is 1.94 bits per heavy atom. The van der Waals surface area contributed by atoms with Crippen molar-refractivity contribution in [1.82, 2.24) is 10.2 Å². The maximum absolute atomic E-state index is 3.57. The summed E-state index contributed by atoms with van der Waals surface area (Å²) in [6.45, 7) is 14.0. The molecule has 0 aliphatic carbocycles. The van der Waals surface area contributed by atoms with Crippen molar-refractivity contribution in [2.45, 2.75) is 65.8 Å². The van der Waals surface area contributed by atoms with Crippen LogP contribution in [-0.4, -0.2) is 37.1 Å². The van der Waals surface area contributed by atoms with Crippen LogP contribution >= 0.6 is 0 Å². The first-order valence-electron chi connectivity index (χ1n) is 7.20. The number of unbranched alkanes of at least 4 members (excludes halogenated alkanes) is 2. The topological polar surface area (TPSA) is 15.3 Å². The average molecular weight is 228 g/mol. The molecule has 0 saturated heterocycles. The predicted octanol–water partition coefficient (Wildman–Crippen LogP) is 3.28. The van der Waals surface area contributed by atoms with Gasteiger partial charge in [-0.3, -0.25) is 0 Å². The Balaban J connectivity index is 3.78.